The van der Waals surface area contributed by atoms with Gasteiger partial charge < -0.3 is 9.53 Å². The van der Waals surface area contributed by atoms with Gasteiger partial charge in [-0.05, 0) is 28.3 Å². The van der Waals surface area contributed by atoms with Crippen molar-refractivity contribution in [3.8, 4) is 0 Å². The Kier molecular flexibility index (Phi) is 7.39. The molecule has 0 saturated heterocycles. The van der Waals surface area contributed by atoms with E-state index in [0.29, 0.717) is 19.4 Å². The van der Waals surface area contributed by atoms with E-state index in [9.17, 15) is 9.90 Å². The molecule has 0 fully saturated rings. The van der Waals surface area contributed by atoms with E-state index in [1.165, 1.54) is 10.4 Å². The molecule has 0 aliphatic heterocycles. The maximum atomic E-state index is 11.5. The molecule has 2 aromatic rings. The number of benzene rings is 2. The van der Waals surface area contributed by atoms with E-state index in [1.807, 2.05) is 19.1 Å². The van der Waals surface area contributed by atoms with Crippen molar-refractivity contribution in [2.45, 2.75) is 52.0 Å². The van der Waals surface area contributed by atoms with Crippen LogP contribution < -0.4 is 10.4 Å². The van der Waals surface area contributed by atoms with Gasteiger partial charge in [-0.1, -0.05) is 94.8 Å². The maximum absolute atomic E-state index is 11.5. The fourth-order valence-corrected chi connectivity index (χ4v) is 8.44. The standard InChI is InChI=1S/C23H32O3Si/c1-5-12-19(22(24)25)17-18-26-27(23(2,3)4,20-13-8-6-9-14-20)21-15-10-7-11-16-21/h6-11,13-16,19H,5,12,17-18H2,1-4H3,(H,24,25)/t19-/m1/s1. The molecule has 2 aromatic carbocycles. The van der Waals surface area contributed by atoms with E-state index in [0.717, 1.165) is 6.42 Å². The first-order valence-electron chi connectivity index (χ1n) is 9.80. The SMILES string of the molecule is CCC[C@H](CCO[Si](c1ccccc1)(c1ccccc1)C(C)(C)C)C(=O)O. The van der Waals surface area contributed by atoms with Crippen LogP contribution in [-0.2, 0) is 9.22 Å². The summed E-state index contributed by atoms with van der Waals surface area (Å²) in [6.07, 6.45) is 2.11. The Hall–Kier alpha value is -1.91. The molecular weight excluding hydrogens is 352 g/mol. The lowest BCUT2D eigenvalue weighted by Gasteiger charge is -2.43. The highest BCUT2D eigenvalue weighted by Gasteiger charge is 2.50. The Morgan fingerprint density at radius 1 is 0.963 bits per heavy atom. The van der Waals surface area contributed by atoms with E-state index in [1.54, 1.807) is 0 Å². The van der Waals surface area contributed by atoms with E-state index in [2.05, 4.69) is 69.3 Å². The predicted octanol–water partition coefficient (Wildman–Crippen LogP) is 4.45. The van der Waals surface area contributed by atoms with Crippen molar-refractivity contribution in [1.29, 1.82) is 0 Å². The zero-order valence-electron chi connectivity index (χ0n) is 16.9. The Morgan fingerprint density at radius 2 is 1.44 bits per heavy atom. The van der Waals surface area contributed by atoms with E-state index in [-0.39, 0.29) is 11.0 Å². The third-order valence-electron chi connectivity index (χ3n) is 5.19. The second kappa shape index (κ2) is 9.33. The maximum Gasteiger partial charge on any atom is 0.306 e. The van der Waals surface area contributed by atoms with Crippen LogP contribution in [0.2, 0.25) is 5.04 Å². The average molecular weight is 385 g/mol. The number of rotatable bonds is 9. The van der Waals surface area contributed by atoms with Crippen LogP contribution >= 0.6 is 0 Å². The molecule has 0 radical (unpaired) electrons. The Bertz CT molecular complexity index is 668. The highest BCUT2D eigenvalue weighted by molar-refractivity contribution is 6.99. The number of aliphatic carboxylic acids is 1. The Balaban J connectivity index is 2.42. The summed E-state index contributed by atoms with van der Waals surface area (Å²) < 4.78 is 6.77. The molecule has 3 nitrogen and oxygen atoms in total. The number of hydrogen-bond donors (Lipinski definition) is 1. The fourth-order valence-electron chi connectivity index (χ4n) is 3.86. The number of carboxylic acid groups (broad SMARTS) is 1. The van der Waals surface area contributed by atoms with Gasteiger partial charge >= 0.3 is 5.97 Å². The van der Waals surface area contributed by atoms with Crippen LogP contribution in [0, 0.1) is 5.92 Å². The Morgan fingerprint density at radius 3 is 1.81 bits per heavy atom. The molecule has 0 amide bonds. The highest BCUT2D eigenvalue weighted by Crippen LogP contribution is 2.37. The minimum Gasteiger partial charge on any atom is -0.481 e. The van der Waals surface area contributed by atoms with Crippen molar-refractivity contribution in [2.75, 3.05) is 6.61 Å². The number of hydrogen-bond acceptors (Lipinski definition) is 2. The van der Waals surface area contributed by atoms with Gasteiger partial charge in [0.25, 0.3) is 8.32 Å². The second-order valence-electron chi connectivity index (χ2n) is 8.12. The predicted molar refractivity (Wildman–Crippen MR) is 114 cm³/mol. The number of carbonyl (C=O) groups is 1. The molecule has 146 valence electrons. The van der Waals surface area contributed by atoms with Crippen molar-refractivity contribution in [3.63, 3.8) is 0 Å². The van der Waals surface area contributed by atoms with Gasteiger partial charge in [0, 0.05) is 6.61 Å². The molecule has 0 aromatic heterocycles. The normalized spacial score (nSPS) is 13.3. The van der Waals surface area contributed by atoms with Crippen molar-refractivity contribution < 1.29 is 14.3 Å². The molecule has 2 rings (SSSR count). The zero-order chi connectivity index (χ0) is 19.9. The molecule has 27 heavy (non-hydrogen) atoms. The summed E-state index contributed by atoms with van der Waals surface area (Å²) in [6, 6.07) is 20.9. The third-order valence-corrected chi connectivity index (χ3v) is 10.2. The van der Waals surface area contributed by atoms with Crippen molar-refractivity contribution in [3.05, 3.63) is 60.7 Å². The third kappa shape index (κ3) is 4.88. The lowest BCUT2D eigenvalue weighted by atomic mass is 10.0. The van der Waals surface area contributed by atoms with Gasteiger partial charge in [0.2, 0.25) is 0 Å². The van der Waals surface area contributed by atoms with Crippen LogP contribution in [0.5, 0.6) is 0 Å². The van der Waals surface area contributed by atoms with Crippen LogP contribution in [0.1, 0.15) is 47.0 Å². The molecule has 0 aliphatic rings. The smallest absolute Gasteiger partial charge is 0.306 e. The minimum atomic E-state index is -2.57. The van der Waals surface area contributed by atoms with E-state index in [4.69, 9.17) is 4.43 Å². The molecular formula is C23H32O3Si. The zero-order valence-corrected chi connectivity index (χ0v) is 17.9. The van der Waals surface area contributed by atoms with Gasteiger partial charge in [0.1, 0.15) is 0 Å². The molecule has 0 aliphatic carbocycles. The molecule has 4 heteroatoms. The molecule has 0 heterocycles. The van der Waals surface area contributed by atoms with Crippen LogP contribution in [0.4, 0.5) is 0 Å². The fraction of sp³-hybridized carbons (Fsp3) is 0.435. The highest BCUT2D eigenvalue weighted by atomic mass is 28.4. The van der Waals surface area contributed by atoms with Gasteiger partial charge in [0.15, 0.2) is 0 Å². The van der Waals surface area contributed by atoms with Gasteiger partial charge in [0.05, 0.1) is 5.92 Å². The molecule has 0 unspecified atom stereocenters. The Labute approximate surface area is 164 Å². The topological polar surface area (TPSA) is 46.5 Å². The largest absolute Gasteiger partial charge is 0.481 e. The first kappa shape index (κ1) is 21.4. The molecule has 0 bridgehead atoms. The quantitative estimate of drug-likeness (QED) is 0.650. The lowest BCUT2D eigenvalue weighted by Crippen LogP contribution is -2.66. The second-order valence-corrected chi connectivity index (χ2v) is 12.4. The average Bonchev–Trinajstić information content (AvgIpc) is 2.64. The van der Waals surface area contributed by atoms with Crippen LogP contribution in [0.15, 0.2) is 60.7 Å². The van der Waals surface area contributed by atoms with Crippen molar-refractivity contribution >= 4 is 24.7 Å². The van der Waals surface area contributed by atoms with Gasteiger partial charge in [-0.25, -0.2) is 0 Å². The first-order valence-corrected chi connectivity index (χ1v) is 11.7. The monoisotopic (exact) mass is 384 g/mol. The summed E-state index contributed by atoms with van der Waals surface area (Å²) in [4.78, 5) is 11.5. The lowest BCUT2D eigenvalue weighted by molar-refractivity contribution is -0.142. The summed E-state index contributed by atoms with van der Waals surface area (Å²) in [7, 11) is -2.57. The molecule has 0 saturated carbocycles. The van der Waals surface area contributed by atoms with Gasteiger partial charge in [-0.2, -0.15) is 0 Å². The summed E-state index contributed by atoms with van der Waals surface area (Å²) in [5.41, 5.74) is 0. The summed E-state index contributed by atoms with van der Waals surface area (Å²) >= 11 is 0. The van der Waals surface area contributed by atoms with Gasteiger partial charge in [-0.3, -0.25) is 4.79 Å². The summed E-state index contributed by atoms with van der Waals surface area (Å²) in [6.45, 7) is 9.20. The van der Waals surface area contributed by atoms with E-state index >= 15 is 0 Å². The molecule has 1 atom stereocenters. The first-order chi connectivity index (χ1) is 12.8. The van der Waals surface area contributed by atoms with Crippen LogP contribution in [0.3, 0.4) is 0 Å². The summed E-state index contributed by atoms with van der Waals surface area (Å²) in [5.74, 6) is -1.06. The molecule has 1 N–H and O–H groups in total. The van der Waals surface area contributed by atoms with Crippen LogP contribution in [-0.4, -0.2) is 26.0 Å². The van der Waals surface area contributed by atoms with Crippen molar-refractivity contribution in [2.24, 2.45) is 5.92 Å². The minimum absolute atomic E-state index is 0.0841. The molecule has 0 spiro atoms. The van der Waals surface area contributed by atoms with E-state index < -0.39 is 14.3 Å². The van der Waals surface area contributed by atoms with Crippen LogP contribution in [0.25, 0.3) is 0 Å². The van der Waals surface area contributed by atoms with Gasteiger partial charge in [-0.15, -0.1) is 0 Å². The number of carboxylic acids is 1. The summed E-state index contributed by atoms with van der Waals surface area (Å²) in [5, 5.41) is 11.9. The van der Waals surface area contributed by atoms with Crippen molar-refractivity contribution in [1.82, 2.24) is 0 Å².